The molecule has 1 aliphatic carbocycles. The fourth-order valence-corrected chi connectivity index (χ4v) is 3.39. The van der Waals surface area contributed by atoms with E-state index in [1.165, 1.54) is 0 Å². The second-order valence-electron chi connectivity index (χ2n) is 7.18. The summed E-state index contributed by atoms with van der Waals surface area (Å²) in [6.07, 6.45) is 1.58. The van der Waals surface area contributed by atoms with E-state index in [-0.39, 0.29) is 24.5 Å². The van der Waals surface area contributed by atoms with Crippen molar-refractivity contribution in [3.63, 3.8) is 0 Å². The van der Waals surface area contributed by atoms with E-state index in [0.29, 0.717) is 43.7 Å². The maximum absolute atomic E-state index is 12.8. The summed E-state index contributed by atoms with van der Waals surface area (Å²) < 4.78 is 11.5. The van der Waals surface area contributed by atoms with E-state index in [9.17, 15) is 9.59 Å². The van der Waals surface area contributed by atoms with Gasteiger partial charge in [-0.1, -0.05) is 12.1 Å². The normalized spacial score (nSPS) is 24.0. The molecule has 2 heterocycles. The SMILES string of the molecule is C[C@H](C(=O)NC1CC1)N1CCN(C(=O)[C@@H]2COc3ccccc3O2)CC1. The number of hydrogen-bond acceptors (Lipinski definition) is 5. The highest BCUT2D eigenvalue weighted by Crippen LogP contribution is 2.31. The average molecular weight is 359 g/mol. The van der Waals surface area contributed by atoms with E-state index in [1.54, 1.807) is 0 Å². The van der Waals surface area contributed by atoms with E-state index in [2.05, 4.69) is 10.2 Å². The fraction of sp³-hybridized carbons (Fsp3) is 0.579. The number of para-hydroxylation sites is 2. The van der Waals surface area contributed by atoms with Crippen LogP contribution in [0.2, 0.25) is 0 Å². The summed E-state index contributed by atoms with van der Waals surface area (Å²) in [5.41, 5.74) is 0. The van der Waals surface area contributed by atoms with Crippen LogP contribution in [0.25, 0.3) is 0 Å². The minimum atomic E-state index is -0.605. The highest BCUT2D eigenvalue weighted by atomic mass is 16.6. The van der Waals surface area contributed by atoms with Crippen molar-refractivity contribution in [3.05, 3.63) is 24.3 Å². The number of fused-ring (bicyclic) bond motifs is 1. The van der Waals surface area contributed by atoms with Crippen molar-refractivity contribution in [2.45, 2.75) is 38.0 Å². The molecule has 2 amide bonds. The van der Waals surface area contributed by atoms with Gasteiger partial charge in [0.15, 0.2) is 11.5 Å². The zero-order valence-corrected chi connectivity index (χ0v) is 15.0. The van der Waals surface area contributed by atoms with Crippen LogP contribution < -0.4 is 14.8 Å². The van der Waals surface area contributed by atoms with E-state index >= 15 is 0 Å². The molecule has 1 N–H and O–H groups in total. The van der Waals surface area contributed by atoms with Gasteiger partial charge in [0.25, 0.3) is 5.91 Å². The van der Waals surface area contributed by atoms with Crippen molar-refractivity contribution in [1.82, 2.24) is 15.1 Å². The first-order valence-corrected chi connectivity index (χ1v) is 9.33. The van der Waals surface area contributed by atoms with Crippen LogP contribution in [0.5, 0.6) is 11.5 Å². The number of rotatable bonds is 4. The van der Waals surface area contributed by atoms with Crippen LogP contribution in [0.1, 0.15) is 19.8 Å². The molecule has 1 aromatic carbocycles. The minimum Gasteiger partial charge on any atom is -0.485 e. The van der Waals surface area contributed by atoms with Gasteiger partial charge in [0.2, 0.25) is 12.0 Å². The molecule has 2 fully saturated rings. The molecule has 2 aliphatic heterocycles. The summed E-state index contributed by atoms with van der Waals surface area (Å²) in [6.45, 7) is 4.74. The number of ether oxygens (including phenoxy) is 2. The van der Waals surface area contributed by atoms with Gasteiger partial charge >= 0.3 is 0 Å². The average Bonchev–Trinajstić information content (AvgIpc) is 3.50. The maximum Gasteiger partial charge on any atom is 0.267 e. The largest absolute Gasteiger partial charge is 0.485 e. The molecular formula is C19H25N3O4. The predicted octanol–water partition coefficient (Wildman–Crippen LogP) is 0.638. The molecular weight excluding hydrogens is 334 g/mol. The van der Waals surface area contributed by atoms with Gasteiger partial charge < -0.3 is 19.7 Å². The zero-order valence-electron chi connectivity index (χ0n) is 15.0. The third-order valence-corrected chi connectivity index (χ3v) is 5.26. The number of hydrogen-bond donors (Lipinski definition) is 1. The Morgan fingerprint density at radius 3 is 2.50 bits per heavy atom. The molecule has 7 heteroatoms. The fourth-order valence-electron chi connectivity index (χ4n) is 3.39. The standard InChI is InChI=1S/C19H25N3O4/c1-13(18(23)20-14-6-7-14)21-8-10-22(11-9-21)19(24)17-12-25-15-4-2-3-5-16(15)26-17/h2-5,13-14,17H,6-12H2,1H3,(H,20,23)/t13-,17+/m1/s1. The first-order chi connectivity index (χ1) is 12.6. The molecule has 0 bridgehead atoms. The van der Waals surface area contributed by atoms with Crippen LogP contribution in [0.15, 0.2) is 24.3 Å². The van der Waals surface area contributed by atoms with E-state index in [0.717, 1.165) is 12.8 Å². The van der Waals surface area contributed by atoms with Gasteiger partial charge in [-0.05, 0) is 31.9 Å². The Labute approximate surface area is 153 Å². The van der Waals surface area contributed by atoms with Crippen LogP contribution >= 0.6 is 0 Å². The van der Waals surface area contributed by atoms with Crippen LogP contribution in [-0.4, -0.2) is 72.6 Å². The Bertz CT molecular complexity index is 683. The quantitative estimate of drug-likeness (QED) is 0.854. The van der Waals surface area contributed by atoms with Crippen molar-refractivity contribution in [1.29, 1.82) is 0 Å². The van der Waals surface area contributed by atoms with Crippen LogP contribution in [0.4, 0.5) is 0 Å². The summed E-state index contributed by atoms with van der Waals surface area (Å²) in [5, 5.41) is 3.05. The molecule has 0 radical (unpaired) electrons. The minimum absolute atomic E-state index is 0.0470. The zero-order chi connectivity index (χ0) is 18.1. The number of nitrogens with zero attached hydrogens (tertiary/aromatic N) is 2. The summed E-state index contributed by atoms with van der Waals surface area (Å²) in [5.74, 6) is 1.33. The number of piperazine rings is 1. The third-order valence-electron chi connectivity index (χ3n) is 5.26. The topological polar surface area (TPSA) is 71.1 Å². The van der Waals surface area contributed by atoms with Crippen molar-refractivity contribution >= 4 is 11.8 Å². The van der Waals surface area contributed by atoms with Crippen molar-refractivity contribution in [2.24, 2.45) is 0 Å². The molecule has 1 aromatic rings. The molecule has 1 saturated heterocycles. The Kier molecular flexibility index (Phi) is 4.72. The lowest BCUT2D eigenvalue weighted by molar-refractivity contribution is -0.143. The molecule has 4 rings (SSSR count). The monoisotopic (exact) mass is 359 g/mol. The van der Waals surface area contributed by atoms with Crippen LogP contribution in [0, 0.1) is 0 Å². The van der Waals surface area contributed by atoms with Crippen LogP contribution in [-0.2, 0) is 9.59 Å². The molecule has 0 aromatic heterocycles. The van der Waals surface area contributed by atoms with Gasteiger partial charge in [0, 0.05) is 32.2 Å². The number of benzene rings is 1. The molecule has 26 heavy (non-hydrogen) atoms. The summed E-state index contributed by atoms with van der Waals surface area (Å²) in [7, 11) is 0. The summed E-state index contributed by atoms with van der Waals surface area (Å²) >= 11 is 0. The van der Waals surface area contributed by atoms with Gasteiger partial charge in [-0.3, -0.25) is 14.5 Å². The highest BCUT2D eigenvalue weighted by molar-refractivity contribution is 5.83. The van der Waals surface area contributed by atoms with Crippen molar-refractivity contribution in [2.75, 3.05) is 32.8 Å². The number of carbonyl (C=O) groups excluding carboxylic acids is 2. The Morgan fingerprint density at radius 2 is 1.81 bits per heavy atom. The molecule has 0 unspecified atom stereocenters. The molecule has 2 atom stereocenters. The van der Waals surface area contributed by atoms with E-state index in [1.807, 2.05) is 36.1 Å². The second kappa shape index (κ2) is 7.15. The molecule has 0 spiro atoms. The Morgan fingerprint density at radius 1 is 1.12 bits per heavy atom. The summed E-state index contributed by atoms with van der Waals surface area (Å²) in [6, 6.07) is 7.61. The predicted molar refractivity (Wildman–Crippen MR) is 95.1 cm³/mol. The van der Waals surface area contributed by atoms with E-state index < -0.39 is 6.10 Å². The maximum atomic E-state index is 12.8. The highest BCUT2D eigenvalue weighted by Gasteiger charge is 2.35. The van der Waals surface area contributed by atoms with Gasteiger partial charge in [-0.2, -0.15) is 0 Å². The Balaban J connectivity index is 1.29. The first-order valence-electron chi connectivity index (χ1n) is 9.33. The number of amides is 2. The van der Waals surface area contributed by atoms with Gasteiger partial charge in [0.1, 0.15) is 6.61 Å². The van der Waals surface area contributed by atoms with Gasteiger partial charge in [-0.25, -0.2) is 0 Å². The molecule has 3 aliphatic rings. The molecule has 1 saturated carbocycles. The Hall–Kier alpha value is -2.28. The number of nitrogens with one attached hydrogen (secondary N) is 1. The van der Waals surface area contributed by atoms with Gasteiger partial charge in [-0.15, -0.1) is 0 Å². The molecule has 7 nitrogen and oxygen atoms in total. The summed E-state index contributed by atoms with van der Waals surface area (Å²) in [4.78, 5) is 28.9. The van der Waals surface area contributed by atoms with Gasteiger partial charge in [0.05, 0.1) is 6.04 Å². The lowest BCUT2D eigenvalue weighted by Gasteiger charge is -2.39. The number of carbonyl (C=O) groups is 2. The van der Waals surface area contributed by atoms with Crippen molar-refractivity contribution < 1.29 is 19.1 Å². The third kappa shape index (κ3) is 3.62. The lowest BCUT2D eigenvalue weighted by atomic mass is 10.2. The first kappa shape index (κ1) is 17.1. The van der Waals surface area contributed by atoms with E-state index in [4.69, 9.17) is 9.47 Å². The lowest BCUT2D eigenvalue weighted by Crippen LogP contribution is -2.57. The van der Waals surface area contributed by atoms with Crippen LogP contribution in [0.3, 0.4) is 0 Å². The molecule has 140 valence electrons. The van der Waals surface area contributed by atoms with Crippen molar-refractivity contribution in [3.8, 4) is 11.5 Å². The second-order valence-corrected chi connectivity index (χ2v) is 7.18. The smallest absolute Gasteiger partial charge is 0.267 e.